The van der Waals surface area contributed by atoms with Crippen LogP contribution in [0.25, 0.3) is 0 Å². The Bertz CT molecular complexity index is 747. The first-order chi connectivity index (χ1) is 14.3. The Morgan fingerprint density at radius 3 is 2.50 bits per heavy atom. The number of carbonyl (C=O) groups excluding carboxylic acids is 2. The molecule has 1 aromatic carbocycles. The monoisotopic (exact) mass is 417 g/mol. The second-order valence-corrected chi connectivity index (χ2v) is 8.68. The van der Waals surface area contributed by atoms with E-state index in [9.17, 15) is 9.59 Å². The summed E-state index contributed by atoms with van der Waals surface area (Å²) in [5.41, 5.74) is 2.82. The summed E-state index contributed by atoms with van der Waals surface area (Å²) in [6.45, 7) is 13.7. The minimum Gasteiger partial charge on any atom is -0.426 e. The third kappa shape index (κ3) is 5.59. The molecule has 1 N–H and O–H groups in total. The molecule has 1 atom stereocenters. The van der Waals surface area contributed by atoms with Gasteiger partial charge in [-0.05, 0) is 69.6 Å². The maximum Gasteiger partial charge on any atom is 0.325 e. The molecule has 0 radical (unpaired) electrons. The number of ether oxygens (including phenoxy) is 2. The summed E-state index contributed by atoms with van der Waals surface area (Å²) >= 11 is 0. The summed E-state index contributed by atoms with van der Waals surface area (Å²) in [4.78, 5) is 29.1. The lowest BCUT2D eigenvalue weighted by molar-refractivity contribution is -0.135. The van der Waals surface area contributed by atoms with Crippen LogP contribution in [-0.2, 0) is 14.3 Å². The molecule has 0 saturated carbocycles. The van der Waals surface area contributed by atoms with Crippen molar-refractivity contribution in [1.29, 1.82) is 0 Å². The van der Waals surface area contributed by atoms with Crippen molar-refractivity contribution in [1.82, 2.24) is 9.80 Å². The lowest BCUT2D eigenvalue weighted by Crippen LogP contribution is -2.34. The molecule has 2 saturated heterocycles. The van der Waals surface area contributed by atoms with Gasteiger partial charge in [-0.3, -0.25) is 19.4 Å². The number of likely N-dealkylation sites (tertiary alicyclic amines) is 1. The van der Waals surface area contributed by atoms with E-state index >= 15 is 0 Å². The third-order valence-electron chi connectivity index (χ3n) is 6.32. The van der Waals surface area contributed by atoms with Crippen molar-refractivity contribution >= 4 is 17.6 Å². The van der Waals surface area contributed by atoms with Crippen LogP contribution in [0.3, 0.4) is 0 Å². The number of benzene rings is 1. The molecule has 1 unspecified atom stereocenters. The summed E-state index contributed by atoms with van der Waals surface area (Å²) < 4.78 is 11.1. The molecule has 2 aliphatic heterocycles. The second-order valence-electron chi connectivity index (χ2n) is 8.68. The Kier molecular flexibility index (Phi) is 7.50. The zero-order valence-corrected chi connectivity index (χ0v) is 18.8. The number of nitrogens with one attached hydrogen (secondary N) is 1. The van der Waals surface area contributed by atoms with Crippen molar-refractivity contribution in [3.05, 3.63) is 23.3 Å². The zero-order chi connectivity index (χ0) is 21.7. The Labute approximate surface area is 179 Å². The number of carbonyl (C=O) groups is 2. The van der Waals surface area contributed by atoms with E-state index in [1.807, 2.05) is 44.7 Å². The summed E-state index contributed by atoms with van der Waals surface area (Å²) in [7, 11) is 0. The number of aryl methyl sites for hydroxylation is 2. The number of hydrogen-bond acceptors (Lipinski definition) is 6. The Morgan fingerprint density at radius 1 is 1.20 bits per heavy atom. The van der Waals surface area contributed by atoms with Gasteiger partial charge in [0.15, 0.2) is 0 Å². The van der Waals surface area contributed by atoms with E-state index in [2.05, 4.69) is 10.2 Å². The van der Waals surface area contributed by atoms with Crippen LogP contribution in [-0.4, -0.2) is 74.2 Å². The molecule has 30 heavy (non-hydrogen) atoms. The van der Waals surface area contributed by atoms with Gasteiger partial charge in [-0.2, -0.15) is 0 Å². The summed E-state index contributed by atoms with van der Waals surface area (Å²) in [5.74, 6) is 0.236. The number of hydrogen-bond donors (Lipinski definition) is 1. The average Bonchev–Trinajstić information content (AvgIpc) is 3.32. The highest BCUT2D eigenvalue weighted by Crippen LogP contribution is 2.38. The molecule has 1 spiro atoms. The van der Waals surface area contributed by atoms with E-state index in [4.69, 9.17) is 9.47 Å². The van der Waals surface area contributed by atoms with Crippen LogP contribution in [0.1, 0.15) is 37.8 Å². The molecule has 0 aromatic heterocycles. The van der Waals surface area contributed by atoms with Crippen LogP contribution in [0, 0.1) is 19.3 Å². The molecule has 2 aliphatic rings. The quantitative estimate of drug-likeness (QED) is 0.518. The van der Waals surface area contributed by atoms with Crippen molar-refractivity contribution < 1.29 is 19.1 Å². The molecule has 1 aromatic rings. The first kappa shape index (κ1) is 22.7. The summed E-state index contributed by atoms with van der Waals surface area (Å²) in [6, 6.07) is 3.62. The molecule has 0 aliphatic carbocycles. The molecule has 1 amide bonds. The van der Waals surface area contributed by atoms with Gasteiger partial charge in [0.25, 0.3) is 0 Å². The van der Waals surface area contributed by atoms with Crippen molar-refractivity contribution in [2.75, 3.05) is 57.8 Å². The lowest BCUT2D eigenvalue weighted by atomic mass is 9.87. The van der Waals surface area contributed by atoms with Crippen LogP contribution < -0.4 is 10.1 Å². The molecule has 0 bridgehead atoms. The molecule has 2 fully saturated rings. The molecule has 7 nitrogen and oxygen atoms in total. The van der Waals surface area contributed by atoms with Crippen LogP contribution in [0.4, 0.5) is 5.69 Å². The van der Waals surface area contributed by atoms with E-state index in [1.54, 1.807) is 0 Å². The molecule has 166 valence electrons. The second kappa shape index (κ2) is 9.90. The molecular weight excluding hydrogens is 382 g/mol. The fourth-order valence-electron chi connectivity index (χ4n) is 4.49. The first-order valence-electron chi connectivity index (χ1n) is 11.0. The van der Waals surface area contributed by atoms with Gasteiger partial charge in [0.05, 0.1) is 19.7 Å². The summed E-state index contributed by atoms with van der Waals surface area (Å²) in [6.07, 6.45) is 2.20. The van der Waals surface area contributed by atoms with E-state index < -0.39 is 0 Å². The van der Waals surface area contributed by atoms with Crippen molar-refractivity contribution in [2.24, 2.45) is 5.41 Å². The van der Waals surface area contributed by atoms with E-state index in [1.165, 1.54) is 0 Å². The predicted octanol–water partition coefficient (Wildman–Crippen LogP) is 2.60. The van der Waals surface area contributed by atoms with Crippen LogP contribution in [0.15, 0.2) is 12.1 Å². The van der Waals surface area contributed by atoms with Gasteiger partial charge in [0.2, 0.25) is 5.91 Å². The van der Waals surface area contributed by atoms with E-state index in [0.29, 0.717) is 12.3 Å². The van der Waals surface area contributed by atoms with Crippen molar-refractivity contribution in [2.45, 2.75) is 40.5 Å². The maximum absolute atomic E-state index is 12.7. The van der Waals surface area contributed by atoms with Gasteiger partial charge in [-0.25, -0.2) is 0 Å². The van der Waals surface area contributed by atoms with E-state index in [-0.39, 0.29) is 23.8 Å². The van der Waals surface area contributed by atoms with Gasteiger partial charge in [-0.15, -0.1) is 0 Å². The number of nitrogens with zero attached hydrogens (tertiary/aromatic N) is 2. The fraction of sp³-hybridized carbons (Fsp3) is 0.652. The highest BCUT2D eigenvalue weighted by molar-refractivity contribution is 5.94. The number of amides is 1. The standard InChI is InChI=1S/C23H35N3O4/c1-5-25(6-2)14-21(28)30-19-11-17(3)22(18(4)12-19)24-20(27)13-26-9-7-23(15-26)8-10-29-16-23/h11-12H,5-10,13-16H2,1-4H3,(H,24,27). The maximum atomic E-state index is 12.7. The van der Waals surface area contributed by atoms with Gasteiger partial charge < -0.3 is 14.8 Å². The first-order valence-corrected chi connectivity index (χ1v) is 11.0. The Hall–Kier alpha value is -1.96. The third-order valence-corrected chi connectivity index (χ3v) is 6.32. The Morgan fingerprint density at radius 2 is 1.90 bits per heavy atom. The topological polar surface area (TPSA) is 71.1 Å². The van der Waals surface area contributed by atoms with Crippen LogP contribution in [0.2, 0.25) is 0 Å². The SMILES string of the molecule is CCN(CC)CC(=O)Oc1cc(C)c(NC(=O)CN2CCC3(CCOC3)C2)c(C)c1. The minimum absolute atomic E-state index is 0.0107. The smallest absolute Gasteiger partial charge is 0.325 e. The normalized spacial score (nSPS) is 21.5. The number of likely N-dealkylation sites (N-methyl/N-ethyl adjacent to an activating group) is 1. The molecule has 3 rings (SSSR count). The summed E-state index contributed by atoms with van der Waals surface area (Å²) in [5, 5.41) is 3.05. The van der Waals surface area contributed by atoms with Crippen LogP contribution in [0.5, 0.6) is 5.75 Å². The molecule has 2 heterocycles. The largest absolute Gasteiger partial charge is 0.426 e. The van der Waals surface area contributed by atoms with Crippen molar-refractivity contribution in [3.63, 3.8) is 0 Å². The number of anilines is 1. The molecule has 7 heteroatoms. The Balaban J connectivity index is 1.56. The van der Waals surface area contributed by atoms with Crippen molar-refractivity contribution in [3.8, 4) is 5.75 Å². The van der Waals surface area contributed by atoms with E-state index in [0.717, 1.165) is 69.0 Å². The number of rotatable bonds is 8. The van der Waals surface area contributed by atoms with Gasteiger partial charge in [0.1, 0.15) is 5.75 Å². The fourth-order valence-corrected chi connectivity index (χ4v) is 4.49. The van der Waals surface area contributed by atoms with Crippen LogP contribution >= 0.6 is 0 Å². The van der Waals surface area contributed by atoms with Gasteiger partial charge >= 0.3 is 5.97 Å². The minimum atomic E-state index is -0.270. The number of esters is 1. The zero-order valence-electron chi connectivity index (χ0n) is 18.8. The van der Waals surface area contributed by atoms with Gasteiger partial charge in [0, 0.05) is 24.3 Å². The average molecular weight is 418 g/mol. The highest BCUT2D eigenvalue weighted by atomic mass is 16.5. The predicted molar refractivity (Wildman–Crippen MR) is 117 cm³/mol. The molecular formula is C23H35N3O4. The van der Waals surface area contributed by atoms with Gasteiger partial charge in [-0.1, -0.05) is 13.8 Å². The lowest BCUT2D eigenvalue weighted by Gasteiger charge is -2.22. The highest BCUT2D eigenvalue weighted by Gasteiger charge is 2.41.